The van der Waals surface area contributed by atoms with E-state index in [1.165, 1.54) is 15.3 Å². The van der Waals surface area contributed by atoms with Crippen molar-refractivity contribution in [2.24, 2.45) is 17.6 Å². The van der Waals surface area contributed by atoms with Crippen LogP contribution in [0.25, 0.3) is 0 Å². The minimum atomic E-state index is 0.111. The Labute approximate surface area is 120 Å². The Bertz CT molecular complexity index is 393. The molecule has 1 rings (SSSR count). The van der Waals surface area contributed by atoms with Gasteiger partial charge in [0.15, 0.2) is 0 Å². The molecule has 0 aliphatic heterocycles. The van der Waals surface area contributed by atoms with Gasteiger partial charge < -0.3 is 11.1 Å². The normalized spacial score (nSPS) is 12.7. The number of nitrogens with one attached hydrogen (secondary N) is 1. The third kappa shape index (κ3) is 5.74. The SMILES string of the molecule is Cc1cc(CNC(=O)C[C@@H](CN)CC(C)C)sc1C. The van der Waals surface area contributed by atoms with Crippen LogP contribution in [0.2, 0.25) is 0 Å². The minimum Gasteiger partial charge on any atom is -0.351 e. The monoisotopic (exact) mass is 282 g/mol. The predicted molar refractivity (Wildman–Crippen MR) is 82.3 cm³/mol. The fourth-order valence-corrected chi connectivity index (χ4v) is 3.18. The highest BCUT2D eigenvalue weighted by Gasteiger charge is 2.14. The first-order valence-corrected chi connectivity index (χ1v) is 7.76. The lowest BCUT2D eigenvalue weighted by molar-refractivity contribution is -0.122. The third-order valence-electron chi connectivity index (χ3n) is 3.29. The molecule has 1 atom stereocenters. The van der Waals surface area contributed by atoms with Crippen molar-refractivity contribution in [2.75, 3.05) is 6.54 Å². The van der Waals surface area contributed by atoms with Gasteiger partial charge in [-0.2, -0.15) is 0 Å². The molecule has 108 valence electrons. The lowest BCUT2D eigenvalue weighted by Crippen LogP contribution is -2.28. The van der Waals surface area contributed by atoms with Crippen LogP contribution in [0.3, 0.4) is 0 Å². The minimum absolute atomic E-state index is 0.111. The average molecular weight is 282 g/mol. The molecule has 3 nitrogen and oxygen atoms in total. The molecule has 1 aromatic rings. The summed E-state index contributed by atoms with van der Waals surface area (Å²) in [6.45, 7) is 9.76. The number of hydrogen-bond acceptors (Lipinski definition) is 3. The summed E-state index contributed by atoms with van der Waals surface area (Å²) in [5, 5.41) is 2.99. The molecule has 0 saturated heterocycles. The molecule has 0 spiro atoms. The molecule has 4 heteroatoms. The zero-order valence-electron chi connectivity index (χ0n) is 12.5. The Kier molecular flexibility index (Phi) is 6.52. The standard InChI is InChI=1S/C15H26N2OS/c1-10(2)5-13(8-16)7-15(18)17-9-14-6-11(3)12(4)19-14/h6,10,13H,5,7-9,16H2,1-4H3,(H,17,18)/t13-/m0/s1. The second-order valence-corrected chi connectivity index (χ2v) is 7.00. The molecule has 0 fully saturated rings. The second kappa shape index (κ2) is 7.65. The predicted octanol–water partition coefficient (Wildman–Crippen LogP) is 2.99. The van der Waals surface area contributed by atoms with E-state index in [9.17, 15) is 4.79 Å². The first-order valence-electron chi connectivity index (χ1n) is 6.95. The van der Waals surface area contributed by atoms with E-state index >= 15 is 0 Å². The van der Waals surface area contributed by atoms with E-state index in [1.54, 1.807) is 11.3 Å². The van der Waals surface area contributed by atoms with Gasteiger partial charge in [-0.25, -0.2) is 0 Å². The number of carbonyl (C=O) groups excluding carboxylic acids is 1. The highest BCUT2D eigenvalue weighted by molar-refractivity contribution is 7.12. The van der Waals surface area contributed by atoms with Crippen molar-refractivity contribution in [3.8, 4) is 0 Å². The van der Waals surface area contributed by atoms with Crippen LogP contribution in [0.1, 0.15) is 42.0 Å². The lowest BCUT2D eigenvalue weighted by atomic mass is 9.94. The second-order valence-electron chi connectivity index (χ2n) is 5.66. The van der Waals surface area contributed by atoms with E-state index in [2.05, 4.69) is 39.1 Å². The van der Waals surface area contributed by atoms with Crippen LogP contribution in [-0.2, 0) is 11.3 Å². The van der Waals surface area contributed by atoms with Crippen LogP contribution in [0.5, 0.6) is 0 Å². The molecule has 1 aromatic heterocycles. The molecular formula is C15H26N2OS. The molecule has 0 radical (unpaired) electrons. The van der Waals surface area contributed by atoms with Crippen molar-refractivity contribution in [3.05, 3.63) is 21.4 Å². The summed E-state index contributed by atoms with van der Waals surface area (Å²) < 4.78 is 0. The van der Waals surface area contributed by atoms with Crippen LogP contribution < -0.4 is 11.1 Å². The molecule has 0 aliphatic carbocycles. The van der Waals surface area contributed by atoms with Gasteiger partial charge in [-0.3, -0.25) is 4.79 Å². The number of carbonyl (C=O) groups is 1. The summed E-state index contributed by atoms with van der Waals surface area (Å²) in [6.07, 6.45) is 1.55. The van der Waals surface area contributed by atoms with Crippen molar-refractivity contribution in [1.29, 1.82) is 0 Å². The molecule has 3 N–H and O–H groups in total. The third-order valence-corrected chi connectivity index (χ3v) is 4.44. The Morgan fingerprint density at radius 3 is 2.58 bits per heavy atom. The number of rotatable bonds is 7. The Morgan fingerprint density at radius 1 is 1.42 bits per heavy atom. The van der Waals surface area contributed by atoms with Crippen LogP contribution in [-0.4, -0.2) is 12.5 Å². The van der Waals surface area contributed by atoms with Crippen molar-refractivity contribution in [3.63, 3.8) is 0 Å². The van der Waals surface area contributed by atoms with E-state index in [0.717, 1.165) is 6.42 Å². The molecule has 1 amide bonds. The van der Waals surface area contributed by atoms with Crippen molar-refractivity contribution in [1.82, 2.24) is 5.32 Å². The van der Waals surface area contributed by atoms with Crippen LogP contribution >= 0.6 is 11.3 Å². The molecule has 19 heavy (non-hydrogen) atoms. The summed E-state index contributed by atoms with van der Waals surface area (Å²) in [5.41, 5.74) is 7.02. The van der Waals surface area contributed by atoms with Gasteiger partial charge in [0.25, 0.3) is 0 Å². The zero-order chi connectivity index (χ0) is 14.4. The van der Waals surface area contributed by atoms with Gasteiger partial charge >= 0.3 is 0 Å². The van der Waals surface area contributed by atoms with Gasteiger partial charge in [0.05, 0.1) is 6.54 Å². The van der Waals surface area contributed by atoms with Gasteiger partial charge in [-0.05, 0) is 50.3 Å². The first-order chi connectivity index (χ1) is 8.92. The topological polar surface area (TPSA) is 55.1 Å². The Balaban J connectivity index is 2.38. The fraction of sp³-hybridized carbons (Fsp3) is 0.667. The van der Waals surface area contributed by atoms with Gasteiger partial charge in [-0.15, -0.1) is 11.3 Å². The van der Waals surface area contributed by atoms with E-state index in [4.69, 9.17) is 5.73 Å². The maximum Gasteiger partial charge on any atom is 0.220 e. The number of aryl methyl sites for hydroxylation is 2. The van der Waals surface area contributed by atoms with E-state index in [-0.39, 0.29) is 5.91 Å². The highest BCUT2D eigenvalue weighted by atomic mass is 32.1. The largest absolute Gasteiger partial charge is 0.351 e. The van der Waals surface area contributed by atoms with E-state index < -0.39 is 0 Å². The first kappa shape index (κ1) is 16.2. The molecule has 0 aromatic carbocycles. The van der Waals surface area contributed by atoms with E-state index in [1.807, 2.05) is 0 Å². The highest BCUT2D eigenvalue weighted by Crippen LogP contribution is 2.20. The number of hydrogen-bond donors (Lipinski definition) is 2. The molecule has 1 heterocycles. The van der Waals surface area contributed by atoms with Crippen molar-refractivity contribution in [2.45, 2.75) is 47.1 Å². The molecular weight excluding hydrogens is 256 g/mol. The van der Waals surface area contributed by atoms with E-state index in [0.29, 0.717) is 31.3 Å². The summed E-state index contributed by atoms with van der Waals surface area (Å²) >= 11 is 1.75. The molecule has 0 unspecified atom stereocenters. The molecule has 0 saturated carbocycles. The summed E-state index contributed by atoms with van der Waals surface area (Å²) in [6, 6.07) is 2.15. The molecule has 0 aliphatic rings. The van der Waals surface area contributed by atoms with Crippen LogP contribution in [0.15, 0.2) is 6.07 Å². The van der Waals surface area contributed by atoms with Crippen LogP contribution in [0.4, 0.5) is 0 Å². The van der Waals surface area contributed by atoms with Gasteiger partial charge in [0.1, 0.15) is 0 Å². The number of thiophene rings is 1. The summed E-state index contributed by atoms with van der Waals surface area (Å²) in [5.74, 6) is 0.996. The van der Waals surface area contributed by atoms with Crippen molar-refractivity contribution < 1.29 is 4.79 Å². The lowest BCUT2D eigenvalue weighted by Gasteiger charge is -2.16. The fourth-order valence-electron chi connectivity index (χ4n) is 2.19. The maximum atomic E-state index is 11.9. The van der Waals surface area contributed by atoms with Crippen molar-refractivity contribution >= 4 is 17.2 Å². The smallest absolute Gasteiger partial charge is 0.220 e. The Hall–Kier alpha value is -0.870. The number of amides is 1. The Morgan fingerprint density at radius 2 is 2.11 bits per heavy atom. The molecule has 0 bridgehead atoms. The number of nitrogens with two attached hydrogens (primary N) is 1. The van der Waals surface area contributed by atoms with Gasteiger partial charge in [0.2, 0.25) is 5.91 Å². The average Bonchev–Trinajstić information content (AvgIpc) is 2.65. The van der Waals surface area contributed by atoms with Gasteiger partial charge in [0, 0.05) is 16.2 Å². The quantitative estimate of drug-likeness (QED) is 0.808. The van der Waals surface area contributed by atoms with Gasteiger partial charge in [-0.1, -0.05) is 13.8 Å². The summed E-state index contributed by atoms with van der Waals surface area (Å²) in [4.78, 5) is 14.4. The van der Waals surface area contributed by atoms with Crippen LogP contribution in [0, 0.1) is 25.7 Å². The maximum absolute atomic E-state index is 11.9. The summed E-state index contributed by atoms with van der Waals surface area (Å²) in [7, 11) is 0. The zero-order valence-corrected chi connectivity index (χ0v) is 13.3.